The predicted molar refractivity (Wildman–Crippen MR) is 565 cm³/mol. The van der Waals surface area contributed by atoms with Crippen molar-refractivity contribution in [3.63, 3.8) is 0 Å². The number of amides is 15. The van der Waals surface area contributed by atoms with Gasteiger partial charge in [-0.3, -0.25) is 57.5 Å². The Morgan fingerprint density at radius 2 is 0.644 bits per heavy atom. The first-order chi connectivity index (χ1) is 69.3. The van der Waals surface area contributed by atoms with E-state index in [0.717, 1.165) is 128 Å². The second-order valence-corrected chi connectivity index (χ2v) is 57.9. The average Bonchev–Trinajstić information content (AvgIpc) is 1.53. The van der Waals surface area contributed by atoms with Gasteiger partial charge in [-0.05, 0) is 196 Å². The van der Waals surface area contributed by atoms with Crippen molar-refractivity contribution in [2.24, 2.45) is 79.8 Å². The molecular weight excluding hydrogens is 1970 g/mol. The molecule has 11 saturated carbocycles. The van der Waals surface area contributed by atoms with Crippen LogP contribution in [0.15, 0.2) is 0 Å². The molecule has 16 atom stereocenters. The van der Waals surface area contributed by atoms with Crippen LogP contribution in [-0.2, 0) is 87.6 Å². The zero-order valence-electron chi connectivity index (χ0n) is 93.2. The number of piperidine rings is 3. The van der Waals surface area contributed by atoms with Gasteiger partial charge < -0.3 is 78.5 Å². The zero-order chi connectivity index (χ0) is 110. The van der Waals surface area contributed by atoms with Crippen molar-refractivity contribution in [3.8, 4) is 0 Å². The lowest BCUT2D eigenvalue weighted by Crippen LogP contribution is -2.64. The average molecular weight is 2150 g/mol. The number of urea groups is 3. The normalized spacial score (nSPS) is 26.5. The van der Waals surface area contributed by atoms with Gasteiger partial charge in [-0.15, -0.1) is 0 Å². The number of nitrogens with zero attached hydrogens (tertiary/aromatic N) is 6. The van der Waals surface area contributed by atoms with Gasteiger partial charge in [-0.2, -0.15) is 0 Å². The first-order valence-electron chi connectivity index (χ1n) is 55.8. The molecule has 3 aliphatic heterocycles. The van der Waals surface area contributed by atoms with Crippen LogP contribution in [-0.4, -0.2) is 308 Å². The fourth-order valence-electron chi connectivity index (χ4n) is 24.5. The number of fused-ring (bicyclic) bond motifs is 3. The third-order valence-electron chi connectivity index (χ3n) is 35.5. The van der Waals surface area contributed by atoms with E-state index in [1.54, 1.807) is 30.7 Å². The molecule has 0 aromatic rings. The minimum atomic E-state index is -3.69. The van der Waals surface area contributed by atoms with Crippen LogP contribution in [0.1, 0.15) is 338 Å². The summed E-state index contributed by atoms with van der Waals surface area (Å²) >= 11 is 0. The second kappa shape index (κ2) is 46.4. The number of Topliss-reactive ketones (excluding diaryl/α,β-unsaturated/α-hetero) is 3. The number of rotatable bonds is 44. The van der Waals surface area contributed by atoms with Gasteiger partial charge >= 0.3 is 18.1 Å². The number of unbranched alkanes of at least 4 members (excludes halogenated alkanes) is 1. The number of carbonyl (C=O) groups is 15. The highest BCUT2D eigenvalue weighted by Gasteiger charge is 2.73. The molecule has 3 heterocycles. The molecule has 11 aliphatic carbocycles. The monoisotopic (exact) mass is 2150 g/mol. The lowest BCUT2D eigenvalue weighted by atomic mass is 9.83. The van der Waals surface area contributed by atoms with Gasteiger partial charge in [0, 0.05) is 78.0 Å². The molecule has 0 radical (unpaired) electrons. The van der Waals surface area contributed by atoms with E-state index < -0.39 is 206 Å². The summed E-state index contributed by atoms with van der Waals surface area (Å²) in [5, 5.41) is 34.5. The largest absolute Gasteiger partial charge is 0.347 e. The highest BCUT2D eigenvalue weighted by Crippen LogP contribution is 2.67. The van der Waals surface area contributed by atoms with Crippen LogP contribution < -0.4 is 63.8 Å². The smallest absolute Gasteiger partial charge is 0.315 e. The Hall–Kier alpha value is -8.22. The van der Waals surface area contributed by atoms with E-state index in [1.165, 1.54) is 31.9 Å². The summed E-state index contributed by atoms with van der Waals surface area (Å²) in [5.41, 5.74) is -5.76. The van der Waals surface area contributed by atoms with Crippen molar-refractivity contribution in [2.75, 3.05) is 71.1 Å². The van der Waals surface area contributed by atoms with Crippen molar-refractivity contribution in [1.29, 1.82) is 0 Å². The summed E-state index contributed by atoms with van der Waals surface area (Å²) in [6.45, 7) is 39.9. The van der Waals surface area contributed by atoms with Crippen LogP contribution >= 0.6 is 0 Å². The SMILES string of the molecule is CCCC[C@H](NC(=O)[C@@H]1[C@@H]2[C@H](CN1C(=O)[C@@H](NC(=O)NC1(CS(=O)(=O)N(C)[C@@H](C)C3CC3)CCCCC1)C(C)(C)C)C2(C)C)C(=O)C(=O)NC1CC1.CCC[C@H](NC(=O)[C@@H]1[C@@H]2[C@H](CN1C(=O)[C@@H](NC(=O)NC1(CS(=O)(=O)N(C)CC)CCCCC1)C(C)(C)C)C2(C)C)C(=O)C(=O)NC1CC1.CCN(C)S(=O)(=O)CC1(NC(=O)N[C@H](C(=O)N2C[C@H]3[C@@H]([C@H]2C(=O)N[C@@H](CC2CC2)C(=O)C(=O)NC2CC2)C3(C)C)C(C)(C)C)CCCCC1. The molecule has 842 valence electrons. The van der Waals surface area contributed by atoms with Gasteiger partial charge in [-0.25, -0.2) is 52.6 Å². The topological polar surface area (TPSA) is 522 Å². The molecule has 42 heteroatoms. The van der Waals surface area contributed by atoms with Crippen molar-refractivity contribution < 1.29 is 97.2 Å². The third kappa shape index (κ3) is 28.9. The molecule has 0 spiro atoms. The number of likely N-dealkylation sites (tertiary alicyclic amines) is 3. The number of ketones is 3. The van der Waals surface area contributed by atoms with Crippen molar-refractivity contribution in [2.45, 2.75) is 433 Å². The predicted octanol–water partition coefficient (Wildman–Crippen LogP) is 8.07. The van der Waals surface area contributed by atoms with E-state index in [1.807, 2.05) is 83.1 Å². The Morgan fingerprint density at radius 1 is 0.362 bits per heavy atom. The molecule has 14 aliphatic rings. The van der Waals surface area contributed by atoms with Crippen LogP contribution in [0.3, 0.4) is 0 Å². The number of nitrogens with one attached hydrogen (secondary N) is 12. The molecule has 14 rings (SSSR count). The molecule has 15 amide bonds. The minimum Gasteiger partial charge on any atom is -0.347 e. The van der Waals surface area contributed by atoms with Gasteiger partial charge in [0.1, 0.15) is 36.3 Å². The molecule has 3 saturated heterocycles. The zero-order valence-corrected chi connectivity index (χ0v) is 95.6. The first-order valence-corrected chi connectivity index (χ1v) is 60.6. The van der Waals surface area contributed by atoms with E-state index in [9.17, 15) is 97.2 Å². The van der Waals surface area contributed by atoms with E-state index in [0.29, 0.717) is 109 Å². The quantitative estimate of drug-likeness (QED) is 0.0256. The maximum absolute atomic E-state index is 14.6. The van der Waals surface area contributed by atoms with Crippen LogP contribution in [0.2, 0.25) is 0 Å². The van der Waals surface area contributed by atoms with Gasteiger partial charge in [-0.1, -0.05) is 221 Å². The second-order valence-electron chi connectivity index (χ2n) is 51.7. The highest BCUT2D eigenvalue weighted by molar-refractivity contribution is 7.89. The van der Waals surface area contributed by atoms with Crippen molar-refractivity contribution >= 4 is 119 Å². The summed E-state index contributed by atoms with van der Waals surface area (Å²) in [4.78, 5) is 209. The van der Waals surface area contributed by atoms with Crippen LogP contribution in [0.25, 0.3) is 0 Å². The van der Waals surface area contributed by atoms with Crippen LogP contribution in [0, 0.1) is 79.8 Å². The Bertz CT molecular complexity index is 5310. The molecular formula is C107H180N18O21S3. The summed E-state index contributed by atoms with van der Waals surface area (Å²) in [6.07, 6.45) is 22.5. The first kappa shape index (κ1) is 119. The molecule has 12 N–H and O–H groups in total. The maximum Gasteiger partial charge on any atom is 0.315 e. The van der Waals surface area contributed by atoms with Gasteiger partial charge in [0.05, 0.1) is 52.0 Å². The molecule has 14 fully saturated rings. The van der Waals surface area contributed by atoms with E-state index in [2.05, 4.69) is 105 Å². The summed E-state index contributed by atoms with van der Waals surface area (Å²) in [7, 11) is -6.28. The maximum atomic E-state index is 14.6. The molecule has 0 bridgehead atoms. The number of hydrogen-bond donors (Lipinski definition) is 12. The standard InChI is InChI=1S/C38H64N6O7S.C35H58N6O7S.C34H58N6O7S/c1-9-10-14-27(30(45)33(47)39-25-17-18-25)40-32(46)29-28-26(37(28,6)7)21-44(29)34(48)31(36(3,4)5)41-35(49)42-38(19-12-11-13-20-38)22-52(50,51)43(8)23(2)24-15-16-24;1-8-40(7)49(47,48)20-35(16-10-9-11-17-35)39-32(46)38-28(33(2,3)4)31(45)41-19-23-25(34(23,5)6)26(41)29(43)37-24(18-21-12-13-21)27(42)30(44)36-22-14-15-22;1-9-14-23(26(41)29(43)35-21-15-16-21)36-28(42)25-24-22(33(24,6)7)19-40(25)30(44)27(32(3,4)5)37-31(45)38-34(17-12-11-13-18-34)20-48(46,47)39(8)10-2/h23-29,31H,9-22H2,1-8H3,(H,39,47)(H,40,46)(H2,41,42,49);21-26,28H,8-20H2,1-7H3,(H,36,44)(H,37,43)(H2,38,39,46);21-25,27H,9-20H2,1-8H3,(H,35,43)(H,36,42)(H2,37,38,45)/t23-,26-,27-,28-,29-,31+;23-,24-,25-,26-,28+;22-,23-,24-,25-,27+/m000/s1. The minimum absolute atomic E-state index is 0.00345. The summed E-state index contributed by atoms with van der Waals surface area (Å²) in [5.74, 6) is -6.93. The Morgan fingerprint density at radius 3 is 0.906 bits per heavy atom. The molecule has 0 aromatic heterocycles. The molecule has 0 unspecified atom stereocenters. The van der Waals surface area contributed by atoms with Gasteiger partial charge in [0.25, 0.3) is 17.7 Å². The number of carbonyl (C=O) groups excluding carboxylic acids is 15. The van der Waals surface area contributed by atoms with E-state index in [4.69, 9.17) is 0 Å². The summed E-state index contributed by atoms with van der Waals surface area (Å²) < 4.78 is 84.0. The van der Waals surface area contributed by atoms with Crippen molar-refractivity contribution in [1.82, 2.24) is 91.4 Å². The van der Waals surface area contributed by atoms with Crippen LogP contribution in [0.5, 0.6) is 0 Å². The highest BCUT2D eigenvalue weighted by atomic mass is 32.2. The van der Waals surface area contributed by atoms with E-state index in [-0.39, 0.29) is 99.1 Å². The molecule has 39 nitrogen and oxygen atoms in total. The Labute approximate surface area is 885 Å². The Kier molecular flexibility index (Phi) is 37.2. The molecule has 0 aromatic carbocycles. The van der Waals surface area contributed by atoms with Crippen LogP contribution in [0.4, 0.5) is 14.4 Å². The van der Waals surface area contributed by atoms with Gasteiger partial charge in [0.2, 0.25) is 82.9 Å². The Balaban J connectivity index is 0.000000198. The lowest BCUT2D eigenvalue weighted by molar-refractivity contribution is -0.145. The fourth-order valence-corrected chi connectivity index (χ4v) is 29.7. The van der Waals surface area contributed by atoms with Crippen molar-refractivity contribution in [3.05, 3.63) is 0 Å². The third-order valence-corrected chi connectivity index (χ3v) is 41.9. The molecule has 149 heavy (non-hydrogen) atoms. The fraction of sp³-hybridized carbons (Fsp3) is 0.860. The van der Waals surface area contributed by atoms with Gasteiger partial charge in [0.15, 0.2) is 0 Å². The summed E-state index contributed by atoms with van der Waals surface area (Å²) in [6, 6.07) is -10.6. The lowest BCUT2D eigenvalue weighted by Gasteiger charge is -2.41. The van der Waals surface area contributed by atoms with E-state index >= 15 is 0 Å². The number of sulfonamides is 3. The number of hydrogen-bond acceptors (Lipinski definition) is 21.